The molecule has 0 aliphatic rings. The molecule has 1 rings (SSSR count). The molecule has 0 fully saturated rings. The summed E-state index contributed by atoms with van der Waals surface area (Å²) in [4.78, 5) is 0. The van der Waals surface area contributed by atoms with Gasteiger partial charge in [-0.2, -0.15) is 0 Å². The lowest BCUT2D eigenvalue weighted by Crippen LogP contribution is -2.25. The lowest BCUT2D eigenvalue weighted by molar-refractivity contribution is 0.0332. The van der Waals surface area contributed by atoms with Crippen LogP contribution in [0.5, 0.6) is 5.75 Å². The maximum Gasteiger partial charge on any atom is 0.122 e. The molecule has 0 saturated carbocycles. The van der Waals surface area contributed by atoms with Gasteiger partial charge in [-0.1, -0.05) is 25.1 Å². The second kappa shape index (κ2) is 5.17. The molecule has 2 nitrogen and oxygen atoms in total. The first kappa shape index (κ1) is 12.1. The summed E-state index contributed by atoms with van der Waals surface area (Å²) in [5.74, 6) is 0.907. The van der Waals surface area contributed by atoms with Gasteiger partial charge in [-0.3, -0.25) is 0 Å². The van der Waals surface area contributed by atoms with E-state index in [4.69, 9.17) is 4.74 Å². The minimum atomic E-state index is -0.608. The summed E-state index contributed by atoms with van der Waals surface area (Å²) >= 11 is 0. The Bertz CT molecular complexity index is 305. The summed E-state index contributed by atoms with van der Waals surface area (Å²) in [6.07, 6.45) is 1.42. The van der Waals surface area contributed by atoms with E-state index < -0.39 is 5.60 Å². The van der Waals surface area contributed by atoms with Gasteiger partial charge in [0.05, 0.1) is 12.2 Å². The molecule has 0 amide bonds. The topological polar surface area (TPSA) is 29.5 Å². The molecule has 15 heavy (non-hydrogen) atoms. The Balaban J connectivity index is 2.42. The molecule has 1 atom stereocenters. The van der Waals surface area contributed by atoms with Crippen molar-refractivity contribution < 1.29 is 9.84 Å². The first-order valence-corrected chi connectivity index (χ1v) is 5.46. The number of ether oxygens (including phenoxy) is 1. The summed E-state index contributed by atoms with van der Waals surface area (Å²) in [5.41, 5.74) is 0.525. The molecule has 0 aliphatic carbocycles. The molecule has 0 saturated heterocycles. The lowest BCUT2D eigenvalue weighted by Gasteiger charge is -2.21. The van der Waals surface area contributed by atoms with Crippen molar-refractivity contribution in [2.24, 2.45) is 0 Å². The van der Waals surface area contributed by atoms with E-state index >= 15 is 0 Å². The molecule has 1 aromatic carbocycles. The van der Waals surface area contributed by atoms with Crippen molar-refractivity contribution in [2.75, 3.05) is 6.61 Å². The van der Waals surface area contributed by atoms with Gasteiger partial charge in [0.15, 0.2) is 0 Å². The van der Waals surface area contributed by atoms with Crippen LogP contribution in [-0.4, -0.2) is 17.3 Å². The van der Waals surface area contributed by atoms with Crippen molar-refractivity contribution in [3.8, 4) is 5.75 Å². The predicted molar refractivity (Wildman–Crippen MR) is 62.2 cm³/mol. The standard InChI is InChI=1S/C13H20O2/c1-4-13(3,14)9-10-15-12-8-6-5-7-11(12)2/h5-8,14H,4,9-10H2,1-3H3. The molecule has 0 spiro atoms. The third-order valence-electron chi connectivity index (χ3n) is 2.75. The molecule has 0 heterocycles. The zero-order valence-electron chi connectivity index (χ0n) is 9.79. The Morgan fingerprint density at radius 1 is 1.33 bits per heavy atom. The Kier molecular flexibility index (Phi) is 4.15. The number of para-hydroxylation sites is 1. The Hall–Kier alpha value is -1.02. The first-order chi connectivity index (χ1) is 7.05. The van der Waals surface area contributed by atoms with Gasteiger partial charge in [-0.25, -0.2) is 0 Å². The highest BCUT2D eigenvalue weighted by Crippen LogP contribution is 2.18. The SMILES string of the molecule is CCC(C)(O)CCOc1ccccc1C. The van der Waals surface area contributed by atoms with Crippen molar-refractivity contribution in [3.05, 3.63) is 29.8 Å². The summed E-state index contributed by atoms with van der Waals surface area (Å²) in [5, 5.41) is 9.79. The zero-order valence-corrected chi connectivity index (χ0v) is 9.79. The quantitative estimate of drug-likeness (QED) is 0.806. The summed E-state index contributed by atoms with van der Waals surface area (Å²) in [6, 6.07) is 7.92. The van der Waals surface area contributed by atoms with Crippen LogP contribution < -0.4 is 4.74 Å². The van der Waals surface area contributed by atoms with Gasteiger partial charge in [0, 0.05) is 6.42 Å². The fourth-order valence-corrected chi connectivity index (χ4v) is 1.28. The van der Waals surface area contributed by atoms with Gasteiger partial charge in [0.1, 0.15) is 5.75 Å². The fourth-order valence-electron chi connectivity index (χ4n) is 1.28. The first-order valence-electron chi connectivity index (χ1n) is 5.46. The van der Waals surface area contributed by atoms with Crippen LogP contribution in [0, 0.1) is 6.92 Å². The molecule has 1 N–H and O–H groups in total. The molecular weight excluding hydrogens is 188 g/mol. The minimum Gasteiger partial charge on any atom is -0.493 e. The van der Waals surface area contributed by atoms with Crippen LogP contribution in [-0.2, 0) is 0 Å². The van der Waals surface area contributed by atoms with E-state index in [0.717, 1.165) is 17.7 Å². The van der Waals surface area contributed by atoms with Gasteiger partial charge in [0.25, 0.3) is 0 Å². The van der Waals surface area contributed by atoms with Crippen LogP contribution in [0.25, 0.3) is 0 Å². The van der Waals surface area contributed by atoms with Gasteiger partial charge in [-0.15, -0.1) is 0 Å². The van der Waals surface area contributed by atoms with Gasteiger partial charge >= 0.3 is 0 Å². The molecule has 1 unspecified atom stereocenters. The molecule has 0 radical (unpaired) electrons. The number of rotatable bonds is 5. The molecule has 84 valence electrons. The maximum atomic E-state index is 9.79. The van der Waals surface area contributed by atoms with Crippen molar-refractivity contribution in [1.82, 2.24) is 0 Å². The molecule has 0 bridgehead atoms. The smallest absolute Gasteiger partial charge is 0.122 e. The normalized spacial score (nSPS) is 14.7. The predicted octanol–water partition coefficient (Wildman–Crippen LogP) is 2.92. The van der Waals surface area contributed by atoms with Crippen molar-refractivity contribution in [1.29, 1.82) is 0 Å². The number of hydrogen-bond donors (Lipinski definition) is 1. The second-order valence-electron chi connectivity index (χ2n) is 4.21. The number of hydrogen-bond acceptors (Lipinski definition) is 2. The van der Waals surface area contributed by atoms with Crippen LogP contribution >= 0.6 is 0 Å². The van der Waals surface area contributed by atoms with Crippen molar-refractivity contribution >= 4 is 0 Å². The molecule has 1 aromatic rings. The Labute approximate surface area is 91.9 Å². The summed E-state index contributed by atoms with van der Waals surface area (Å²) in [7, 11) is 0. The maximum absolute atomic E-state index is 9.79. The van der Waals surface area contributed by atoms with Gasteiger partial charge in [-0.05, 0) is 31.9 Å². The van der Waals surface area contributed by atoms with E-state index in [0.29, 0.717) is 13.0 Å². The summed E-state index contributed by atoms with van der Waals surface area (Å²) in [6.45, 7) is 6.40. The second-order valence-corrected chi connectivity index (χ2v) is 4.21. The Morgan fingerprint density at radius 2 is 2.00 bits per heavy atom. The van der Waals surface area contributed by atoms with Crippen LogP contribution in [0.15, 0.2) is 24.3 Å². The van der Waals surface area contributed by atoms with E-state index in [1.165, 1.54) is 0 Å². The molecular formula is C13H20O2. The van der Waals surface area contributed by atoms with E-state index in [-0.39, 0.29) is 0 Å². The minimum absolute atomic E-state index is 0.561. The van der Waals surface area contributed by atoms with Crippen LogP contribution in [0.1, 0.15) is 32.3 Å². The van der Waals surface area contributed by atoms with Gasteiger partial charge in [0.2, 0.25) is 0 Å². The van der Waals surface area contributed by atoms with Crippen LogP contribution in [0.4, 0.5) is 0 Å². The third kappa shape index (κ3) is 3.92. The molecule has 0 aromatic heterocycles. The summed E-state index contributed by atoms with van der Waals surface area (Å²) < 4.78 is 5.61. The highest BCUT2D eigenvalue weighted by atomic mass is 16.5. The van der Waals surface area contributed by atoms with Crippen molar-refractivity contribution in [3.63, 3.8) is 0 Å². The number of aliphatic hydroxyl groups is 1. The molecule has 2 heteroatoms. The number of benzene rings is 1. The largest absolute Gasteiger partial charge is 0.493 e. The van der Waals surface area contributed by atoms with E-state index in [1.54, 1.807) is 0 Å². The van der Waals surface area contributed by atoms with Crippen LogP contribution in [0.3, 0.4) is 0 Å². The average Bonchev–Trinajstić information content (AvgIpc) is 2.21. The van der Waals surface area contributed by atoms with Gasteiger partial charge < -0.3 is 9.84 Å². The van der Waals surface area contributed by atoms with E-state index in [1.807, 2.05) is 45.0 Å². The highest BCUT2D eigenvalue weighted by Gasteiger charge is 2.17. The monoisotopic (exact) mass is 208 g/mol. The van der Waals surface area contributed by atoms with Crippen molar-refractivity contribution in [2.45, 2.75) is 39.2 Å². The van der Waals surface area contributed by atoms with E-state index in [9.17, 15) is 5.11 Å². The third-order valence-corrected chi connectivity index (χ3v) is 2.75. The Morgan fingerprint density at radius 3 is 2.60 bits per heavy atom. The molecule has 0 aliphatic heterocycles. The highest BCUT2D eigenvalue weighted by molar-refractivity contribution is 5.31. The van der Waals surface area contributed by atoms with E-state index in [2.05, 4.69) is 0 Å². The average molecular weight is 208 g/mol. The fraction of sp³-hybridized carbons (Fsp3) is 0.538. The zero-order chi connectivity index (χ0) is 11.3. The number of aryl methyl sites for hydroxylation is 1. The lowest BCUT2D eigenvalue weighted by atomic mass is 10.0. The van der Waals surface area contributed by atoms with Crippen LogP contribution in [0.2, 0.25) is 0 Å².